The number of nitrogens with zero attached hydrogens (tertiary/aromatic N) is 4. The van der Waals surface area contributed by atoms with Gasteiger partial charge in [0.05, 0.1) is 22.4 Å². The SMILES string of the molecule is c1ccc(-c2ccc(-c3cc(-c4ccc(-n5c6ccccc6c6ccccc65)cc4)nc(-c4cccnc4)n3)cc2)cc1. The standard InChI is InChI=1S/C39H26N4/c1-2-9-27(10-3-1)28-16-18-29(19-17-28)35-25-36(42-39(41-35)31-11-8-24-40-26-31)30-20-22-32(23-21-30)43-37-14-6-4-12-33(37)34-13-5-7-15-38(34)43/h1-26H. The summed E-state index contributed by atoms with van der Waals surface area (Å²) in [5, 5.41) is 2.50. The van der Waals surface area contributed by atoms with Crippen molar-refractivity contribution in [2.45, 2.75) is 0 Å². The zero-order valence-corrected chi connectivity index (χ0v) is 23.3. The second-order valence-corrected chi connectivity index (χ2v) is 10.6. The zero-order chi connectivity index (χ0) is 28.6. The summed E-state index contributed by atoms with van der Waals surface area (Å²) >= 11 is 0. The van der Waals surface area contributed by atoms with Crippen LogP contribution in [0, 0.1) is 0 Å². The molecule has 4 nitrogen and oxygen atoms in total. The number of hydrogen-bond acceptors (Lipinski definition) is 3. The van der Waals surface area contributed by atoms with Crippen LogP contribution in [0.1, 0.15) is 0 Å². The highest BCUT2D eigenvalue weighted by atomic mass is 15.0. The van der Waals surface area contributed by atoms with Crippen LogP contribution in [0.3, 0.4) is 0 Å². The Morgan fingerprint density at radius 1 is 0.419 bits per heavy atom. The molecule has 4 heteroatoms. The van der Waals surface area contributed by atoms with E-state index in [2.05, 4.69) is 137 Å². The van der Waals surface area contributed by atoms with Crippen molar-refractivity contribution < 1.29 is 0 Å². The van der Waals surface area contributed by atoms with E-state index in [-0.39, 0.29) is 0 Å². The van der Waals surface area contributed by atoms with E-state index in [0.717, 1.165) is 33.8 Å². The molecule has 0 aliphatic heterocycles. The van der Waals surface area contributed by atoms with Gasteiger partial charge in [-0.1, -0.05) is 103 Å². The van der Waals surface area contributed by atoms with E-state index in [9.17, 15) is 0 Å². The fourth-order valence-electron chi connectivity index (χ4n) is 5.81. The van der Waals surface area contributed by atoms with Crippen molar-refractivity contribution in [3.05, 3.63) is 158 Å². The first-order valence-electron chi connectivity index (χ1n) is 14.4. The van der Waals surface area contributed by atoms with E-state index in [4.69, 9.17) is 9.97 Å². The third kappa shape index (κ3) is 4.55. The highest BCUT2D eigenvalue weighted by molar-refractivity contribution is 6.09. The first-order chi connectivity index (χ1) is 21.3. The molecule has 43 heavy (non-hydrogen) atoms. The molecule has 0 unspecified atom stereocenters. The fourth-order valence-corrected chi connectivity index (χ4v) is 5.81. The van der Waals surface area contributed by atoms with Crippen LogP contribution in [-0.4, -0.2) is 19.5 Å². The van der Waals surface area contributed by atoms with E-state index in [1.54, 1.807) is 6.20 Å². The van der Waals surface area contributed by atoms with Gasteiger partial charge in [0.25, 0.3) is 0 Å². The monoisotopic (exact) mass is 550 g/mol. The lowest BCUT2D eigenvalue weighted by atomic mass is 10.0. The summed E-state index contributed by atoms with van der Waals surface area (Å²) in [6.45, 7) is 0. The molecule has 3 heterocycles. The number of aromatic nitrogens is 4. The van der Waals surface area contributed by atoms with E-state index in [1.807, 2.05) is 24.4 Å². The van der Waals surface area contributed by atoms with Crippen LogP contribution in [-0.2, 0) is 0 Å². The number of para-hydroxylation sites is 2. The average Bonchev–Trinajstić information content (AvgIpc) is 3.43. The topological polar surface area (TPSA) is 43.6 Å². The first-order valence-corrected chi connectivity index (χ1v) is 14.4. The number of pyridine rings is 1. The molecule has 0 radical (unpaired) electrons. The molecule has 0 atom stereocenters. The Kier molecular flexibility index (Phi) is 6.08. The van der Waals surface area contributed by atoms with Gasteiger partial charge in [-0.2, -0.15) is 0 Å². The molecular formula is C39H26N4. The molecule has 0 bridgehead atoms. The summed E-state index contributed by atoms with van der Waals surface area (Å²) in [6.07, 6.45) is 3.58. The van der Waals surface area contributed by atoms with Crippen molar-refractivity contribution in [3.8, 4) is 50.7 Å². The van der Waals surface area contributed by atoms with Gasteiger partial charge in [0.1, 0.15) is 0 Å². The van der Waals surface area contributed by atoms with Crippen LogP contribution in [0.2, 0.25) is 0 Å². The normalized spacial score (nSPS) is 11.3. The van der Waals surface area contributed by atoms with Crippen LogP contribution in [0.25, 0.3) is 72.5 Å². The summed E-state index contributed by atoms with van der Waals surface area (Å²) in [7, 11) is 0. The summed E-state index contributed by atoms with van der Waals surface area (Å²) < 4.78 is 2.33. The van der Waals surface area contributed by atoms with Gasteiger partial charge >= 0.3 is 0 Å². The Bertz CT molecular complexity index is 2150. The minimum atomic E-state index is 0.652. The van der Waals surface area contributed by atoms with Gasteiger partial charge in [0.15, 0.2) is 5.82 Å². The molecule has 0 aliphatic carbocycles. The minimum Gasteiger partial charge on any atom is -0.309 e. The number of hydrogen-bond donors (Lipinski definition) is 0. The van der Waals surface area contributed by atoms with Gasteiger partial charge < -0.3 is 4.57 Å². The predicted molar refractivity (Wildman–Crippen MR) is 176 cm³/mol. The largest absolute Gasteiger partial charge is 0.309 e. The van der Waals surface area contributed by atoms with Crippen LogP contribution < -0.4 is 0 Å². The van der Waals surface area contributed by atoms with Gasteiger partial charge in [-0.25, -0.2) is 9.97 Å². The molecule has 0 saturated carbocycles. The third-order valence-corrected chi connectivity index (χ3v) is 7.94. The number of benzene rings is 5. The maximum atomic E-state index is 5.00. The maximum Gasteiger partial charge on any atom is 0.161 e. The lowest BCUT2D eigenvalue weighted by molar-refractivity contribution is 1.16. The van der Waals surface area contributed by atoms with Crippen molar-refractivity contribution in [2.75, 3.05) is 0 Å². The first kappa shape index (κ1) is 24.9. The quantitative estimate of drug-likeness (QED) is 0.214. The Morgan fingerprint density at radius 3 is 1.53 bits per heavy atom. The zero-order valence-electron chi connectivity index (χ0n) is 23.3. The van der Waals surface area contributed by atoms with E-state index >= 15 is 0 Å². The molecule has 0 spiro atoms. The van der Waals surface area contributed by atoms with E-state index in [1.165, 1.54) is 32.9 Å². The third-order valence-electron chi connectivity index (χ3n) is 7.94. The molecule has 0 fully saturated rings. The molecule has 0 saturated heterocycles. The van der Waals surface area contributed by atoms with E-state index in [0.29, 0.717) is 5.82 Å². The second kappa shape index (κ2) is 10.5. The molecule has 202 valence electrons. The Morgan fingerprint density at radius 2 is 0.930 bits per heavy atom. The number of rotatable bonds is 5. The van der Waals surface area contributed by atoms with Gasteiger partial charge in [0, 0.05) is 45.5 Å². The second-order valence-electron chi connectivity index (χ2n) is 10.6. The van der Waals surface area contributed by atoms with Crippen molar-refractivity contribution in [1.29, 1.82) is 0 Å². The lowest BCUT2D eigenvalue weighted by Gasteiger charge is -2.11. The Balaban J connectivity index is 1.22. The Labute approximate surface area is 249 Å². The van der Waals surface area contributed by atoms with Gasteiger partial charge in [0.2, 0.25) is 0 Å². The number of fused-ring (bicyclic) bond motifs is 3. The smallest absolute Gasteiger partial charge is 0.161 e. The maximum absolute atomic E-state index is 5.00. The van der Waals surface area contributed by atoms with Gasteiger partial charge in [-0.05, 0) is 53.6 Å². The van der Waals surface area contributed by atoms with Crippen LogP contribution >= 0.6 is 0 Å². The molecular weight excluding hydrogens is 524 g/mol. The predicted octanol–water partition coefficient (Wildman–Crippen LogP) is 9.64. The van der Waals surface area contributed by atoms with Crippen molar-refractivity contribution >= 4 is 21.8 Å². The molecule has 3 aromatic heterocycles. The van der Waals surface area contributed by atoms with E-state index < -0.39 is 0 Å². The lowest BCUT2D eigenvalue weighted by Crippen LogP contribution is -1.97. The molecule has 8 aromatic rings. The summed E-state index contributed by atoms with van der Waals surface area (Å²) in [5.41, 5.74) is 10.5. The summed E-state index contributed by atoms with van der Waals surface area (Å²) in [4.78, 5) is 14.3. The van der Waals surface area contributed by atoms with Crippen molar-refractivity contribution in [2.24, 2.45) is 0 Å². The summed E-state index contributed by atoms with van der Waals surface area (Å²) in [5.74, 6) is 0.652. The molecule has 0 N–H and O–H groups in total. The highest BCUT2D eigenvalue weighted by Crippen LogP contribution is 2.33. The molecule has 0 amide bonds. The molecule has 8 rings (SSSR count). The summed E-state index contributed by atoms with van der Waals surface area (Å²) in [6, 6.07) is 50.8. The van der Waals surface area contributed by atoms with Crippen molar-refractivity contribution in [1.82, 2.24) is 19.5 Å². The van der Waals surface area contributed by atoms with Gasteiger partial charge in [-0.15, -0.1) is 0 Å². The van der Waals surface area contributed by atoms with Crippen LogP contribution in [0.15, 0.2) is 158 Å². The fraction of sp³-hybridized carbons (Fsp3) is 0. The highest BCUT2D eigenvalue weighted by Gasteiger charge is 2.14. The molecule has 5 aromatic carbocycles. The van der Waals surface area contributed by atoms with Gasteiger partial charge in [-0.3, -0.25) is 4.98 Å². The minimum absolute atomic E-state index is 0.652. The Hall–Kier alpha value is -5.87. The van der Waals surface area contributed by atoms with Crippen LogP contribution in [0.4, 0.5) is 0 Å². The van der Waals surface area contributed by atoms with Crippen molar-refractivity contribution in [3.63, 3.8) is 0 Å². The van der Waals surface area contributed by atoms with Crippen LogP contribution in [0.5, 0.6) is 0 Å². The molecule has 0 aliphatic rings. The average molecular weight is 551 g/mol.